The van der Waals surface area contributed by atoms with Crippen LogP contribution in [0, 0.1) is 0 Å². The van der Waals surface area contributed by atoms with Crippen LogP contribution in [0.15, 0.2) is 60.8 Å². The lowest BCUT2D eigenvalue weighted by molar-refractivity contribution is -0.870. The summed E-state index contributed by atoms with van der Waals surface area (Å²) >= 11 is 0. The predicted molar refractivity (Wildman–Crippen MR) is 240 cm³/mol. The number of likely N-dealkylation sites (N-methyl/N-ethyl adjacent to an activating group) is 1. The number of nitrogens with zero attached hydrogens (tertiary/aromatic N) is 1. The lowest BCUT2D eigenvalue weighted by Gasteiger charge is -2.28. The zero-order valence-electron chi connectivity index (χ0n) is 37.9. The smallest absolute Gasteiger partial charge is 0.306 e. The van der Waals surface area contributed by atoms with Crippen LogP contribution in [0.5, 0.6) is 0 Å². The van der Waals surface area contributed by atoms with Crippen LogP contribution in [-0.4, -0.2) is 82.2 Å². The number of hydrogen-bond donors (Lipinski definition) is 0. The number of unbranched alkanes of at least 4 members (excludes halogenated alkanes) is 14. The first kappa shape index (κ1) is 54.7. The van der Waals surface area contributed by atoms with Gasteiger partial charge in [0.05, 0.1) is 40.0 Å². The van der Waals surface area contributed by atoms with Gasteiger partial charge >= 0.3 is 11.9 Å². The number of epoxide rings is 1. The number of ether oxygens (including phenoxy) is 3. The van der Waals surface area contributed by atoms with Gasteiger partial charge in [0.2, 0.25) is 0 Å². The minimum Gasteiger partial charge on any atom is -0.756 e. The van der Waals surface area contributed by atoms with E-state index >= 15 is 0 Å². The van der Waals surface area contributed by atoms with Gasteiger partial charge in [0.1, 0.15) is 19.8 Å². The molecule has 1 aliphatic rings. The highest BCUT2D eigenvalue weighted by molar-refractivity contribution is 7.45. The van der Waals surface area contributed by atoms with E-state index in [0.29, 0.717) is 29.7 Å². The van der Waals surface area contributed by atoms with Gasteiger partial charge in [-0.05, 0) is 51.4 Å². The predicted octanol–water partition coefficient (Wildman–Crippen LogP) is 11.6. The maximum absolute atomic E-state index is 12.7. The molecule has 0 aromatic heterocycles. The third-order valence-electron chi connectivity index (χ3n) is 9.97. The van der Waals surface area contributed by atoms with Crippen molar-refractivity contribution < 1.29 is 46.8 Å². The second-order valence-electron chi connectivity index (χ2n) is 16.8. The van der Waals surface area contributed by atoms with Crippen LogP contribution >= 0.6 is 7.82 Å². The second kappa shape index (κ2) is 36.3. The van der Waals surface area contributed by atoms with Gasteiger partial charge in [-0.15, -0.1) is 0 Å². The van der Waals surface area contributed by atoms with E-state index in [-0.39, 0.29) is 26.1 Å². The van der Waals surface area contributed by atoms with Crippen molar-refractivity contribution in [2.45, 2.75) is 186 Å². The first-order chi connectivity index (χ1) is 28.5. The van der Waals surface area contributed by atoms with Gasteiger partial charge in [-0.3, -0.25) is 14.2 Å². The van der Waals surface area contributed by atoms with Crippen LogP contribution < -0.4 is 4.89 Å². The van der Waals surface area contributed by atoms with E-state index in [4.69, 9.17) is 23.3 Å². The van der Waals surface area contributed by atoms with Crippen LogP contribution in [-0.2, 0) is 37.4 Å². The highest BCUT2D eigenvalue weighted by atomic mass is 31.2. The third-order valence-corrected chi connectivity index (χ3v) is 10.9. The van der Waals surface area contributed by atoms with Gasteiger partial charge in [-0.2, -0.15) is 0 Å². The van der Waals surface area contributed by atoms with Crippen molar-refractivity contribution >= 4 is 19.8 Å². The van der Waals surface area contributed by atoms with Crippen molar-refractivity contribution in [3.8, 4) is 0 Å². The molecule has 0 bridgehead atoms. The van der Waals surface area contributed by atoms with Gasteiger partial charge in [0.15, 0.2) is 6.10 Å². The summed E-state index contributed by atoms with van der Waals surface area (Å²) in [4.78, 5) is 37.6. The van der Waals surface area contributed by atoms with Crippen molar-refractivity contribution in [1.29, 1.82) is 0 Å². The molecule has 340 valence electrons. The minimum absolute atomic E-state index is 0.0478. The summed E-state index contributed by atoms with van der Waals surface area (Å²) in [6, 6.07) is 0. The SMILES string of the molecule is CC/C=C\CC1OC1C/C=C\C/C=C\C/C=C\C/C=C\CCC(=O)O[C@H](COC(=O)CCCCCCCCCCCCCCCCC)COP(=O)([O-])OCC[N+](C)(C)C. The highest BCUT2D eigenvalue weighted by Crippen LogP contribution is 2.38. The molecule has 0 spiro atoms. The van der Waals surface area contributed by atoms with Crippen molar-refractivity contribution in [2.24, 2.45) is 0 Å². The Balaban J connectivity index is 2.31. The number of phosphoric acid groups is 1. The zero-order chi connectivity index (χ0) is 43.3. The van der Waals surface area contributed by atoms with Crippen molar-refractivity contribution in [1.82, 2.24) is 0 Å². The highest BCUT2D eigenvalue weighted by Gasteiger charge is 2.36. The van der Waals surface area contributed by atoms with Crippen LogP contribution in [0.25, 0.3) is 0 Å². The molecule has 1 rings (SSSR count). The number of allylic oxidation sites excluding steroid dienone is 8. The molecule has 10 nitrogen and oxygen atoms in total. The van der Waals surface area contributed by atoms with E-state index in [2.05, 4.69) is 62.5 Å². The Labute approximate surface area is 360 Å². The van der Waals surface area contributed by atoms with Crippen molar-refractivity contribution in [3.63, 3.8) is 0 Å². The van der Waals surface area contributed by atoms with Gasteiger partial charge in [-0.25, -0.2) is 0 Å². The number of esters is 2. The van der Waals surface area contributed by atoms with E-state index in [1.807, 2.05) is 33.3 Å². The summed E-state index contributed by atoms with van der Waals surface area (Å²) in [6.07, 6.45) is 45.9. The Hall–Kier alpha value is -2.33. The molecule has 4 atom stereocenters. The fourth-order valence-electron chi connectivity index (χ4n) is 6.25. The Morgan fingerprint density at radius 3 is 1.64 bits per heavy atom. The van der Waals surface area contributed by atoms with Gasteiger partial charge in [0.25, 0.3) is 7.82 Å². The Kier molecular flexibility index (Phi) is 33.7. The molecule has 1 aliphatic heterocycles. The molecule has 0 aliphatic carbocycles. The number of phosphoric ester groups is 1. The molecule has 0 radical (unpaired) electrons. The summed E-state index contributed by atoms with van der Waals surface area (Å²) in [7, 11) is 1.11. The molecule has 0 aromatic carbocycles. The Morgan fingerprint density at radius 1 is 0.627 bits per heavy atom. The van der Waals surface area contributed by atoms with E-state index in [1.165, 1.54) is 77.0 Å². The van der Waals surface area contributed by atoms with Crippen LogP contribution in [0.2, 0.25) is 0 Å². The molecule has 3 unspecified atom stereocenters. The van der Waals surface area contributed by atoms with Crippen LogP contribution in [0.4, 0.5) is 0 Å². The number of carbonyl (C=O) groups is 2. The van der Waals surface area contributed by atoms with E-state index in [1.54, 1.807) is 0 Å². The van der Waals surface area contributed by atoms with E-state index < -0.39 is 32.5 Å². The standard InChI is InChI=1S/C48H84NO9P/c1-6-8-10-11-12-13-14-15-16-17-21-24-27-30-34-38-47(50)54-42-44(43-56-59(52,53)55-41-40-49(3,4)5)57-48(51)39-35-31-28-25-22-19-18-20-23-26-29-33-37-46-45(58-46)36-32-9-7-2/h9,19-20,22-23,28-29,31-33,44-46H,6-8,10-18,21,24-27,30,34-43H2,1-5H3/b22-19-,23-20-,31-28-,32-9-,33-29-/t44-,45?,46?/m1/s1. The van der Waals surface area contributed by atoms with E-state index in [0.717, 1.165) is 57.8 Å². The molecule has 1 fully saturated rings. The molecule has 59 heavy (non-hydrogen) atoms. The maximum Gasteiger partial charge on any atom is 0.306 e. The first-order valence-electron chi connectivity index (χ1n) is 23.1. The summed E-state index contributed by atoms with van der Waals surface area (Å²) in [5.41, 5.74) is 0. The summed E-state index contributed by atoms with van der Waals surface area (Å²) in [5, 5.41) is 0. The molecular formula is C48H84NO9P. The number of quaternary nitrogens is 1. The van der Waals surface area contributed by atoms with Gasteiger partial charge < -0.3 is 32.6 Å². The normalized spacial score (nSPS) is 17.5. The Bertz CT molecular complexity index is 1260. The molecule has 0 saturated carbocycles. The second-order valence-corrected chi connectivity index (χ2v) is 18.2. The molecule has 0 amide bonds. The third kappa shape index (κ3) is 37.2. The molecular weight excluding hydrogens is 766 g/mol. The van der Waals surface area contributed by atoms with Crippen molar-refractivity contribution in [3.05, 3.63) is 60.8 Å². The summed E-state index contributed by atoms with van der Waals surface area (Å²) in [5.74, 6) is -0.936. The molecule has 0 N–H and O–H groups in total. The minimum atomic E-state index is -4.65. The number of hydrogen-bond acceptors (Lipinski definition) is 9. The van der Waals surface area contributed by atoms with Crippen LogP contribution in [0.1, 0.15) is 168 Å². The van der Waals surface area contributed by atoms with Gasteiger partial charge in [0, 0.05) is 12.8 Å². The number of rotatable bonds is 40. The summed E-state index contributed by atoms with van der Waals surface area (Å²) in [6.45, 7) is 4.02. The average Bonchev–Trinajstić information content (AvgIpc) is 3.94. The number of carbonyl (C=O) groups excluding carboxylic acids is 2. The monoisotopic (exact) mass is 850 g/mol. The average molecular weight is 850 g/mol. The maximum atomic E-state index is 12.7. The van der Waals surface area contributed by atoms with Gasteiger partial charge in [-0.1, -0.05) is 164 Å². The van der Waals surface area contributed by atoms with Crippen molar-refractivity contribution in [2.75, 3.05) is 47.5 Å². The Morgan fingerprint density at radius 2 is 1.12 bits per heavy atom. The summed E-state index contributed by atoms with van der Waals surface area (Å²) < 4.78 is 39.5. The fraction of sp³-hybridized carbons (Fsp3) is 0.750. The van der Waals surface area contributed by atoms with E-state index in [9.17, 15) is 19.0 Å². The molecule has 0 aromatic rings. The quantitative estimate of drug-likeness (QED) is 0.0148. The lowest BCUT2D eigenvalue weighted by Crippen LogP contribution is -2.37. The molecule has 11 heteroatoms. The topological polar surface area (TPSA) is 124 Å². The van der Waals surface area contributed by atoms with Crippen LogP contribution in [0.3, 0.4) is 0 Å². The first-order valence-corrected chi connectivity index (χ1v) is 24.6. The largest absolute Gasteiger partial charge is 0.756 e. The lowest BCUT2D eigenvalue weighted by atomic mass is 10.0. The molecule has 1 saturated heterocycles. The fourth-order valence-corrected chi connectivity index (χ4v) is 6.98. The zero-order valence-corrected chi connectivity index (χ0v) is 38.8. The molecule has 1 heterocycles.